The van der Waals surface area contributed by atoms with Gasteiger partial charge in [0.2, 0.25) is 5.91 Å². The van der Waals surface area contributed by atoms with Crippen molar-refractivity contribution in [3.63, 3.8) is 0 Å². The predicted octanol–water partition coefficient (Wildman–Crippen LogP) is 4.66. The zero-order valence-corrected chi connectivity index (χ0v) is 19.0. The van der Waals surface area contributed by atoms with Crippen molar-refractivity contribution in [1.82, 2.24) is 5.32 Å². The molecule has 172 valence electrons. The fraction of sp³-hybridized carbons (Fsp3) is 0.214. The highest BCUT2D eigenvalue weighted by Gasteiger charge is 2.32. The monoisotopic (exact) mass is 454 g/mol. The minimum Gasteiger partial charge on any atom is -0.497 e. The van der Waals surface area contributed by atoms with Gasteiger partial charge < -0.3 is 14.8 Å². The summed E-state index contributed by atoms with van der Waals surface area (Å²) in [5, 5.41) is 3.14. The number of benzene rings is 3. The number of rotatable bonds is 5. The summed E-state index contributed by atoms with van der Waals surface area (Å²) in [4.78, 5) is 28.0. The molecule has 3 aromatic carbocycles. The molecule has 34 heavy (non-hydrogen) atoms. The number of nitrogens with one attached hydrogen (secondary N) is 1. The number of carbonyl (C=O) groups is 2. The van der Waals surface area contributed by atoms with Gasteiger partial charge in [0.25, 0.3) is 5.91 Å². The van der Waals surface area contributed by atoms with Gasteiger partial charge >= 0.3 is 0 Å². The molecular formula is C28H26N2O4. The highest BCUT2D eigenvalue weighted by molar-refractivity contribution is 6.12. The second kappa shape index (κ2) is 9.43. The van der Waals surface area contributed by atoms with Crippen LogP contribution in [0.15, 0.2) is 78.6 Å². The van der Waals surface area contributed by atoms with Gasteiger partial charge in [-0.2, -0.15) is 0 Å². The molecule has 3 aromatic rings. The van der Waals surface area contributed by atoms with Crippen LogP contribution in [0.5, 0.6) is 11.5 Å². The van der Waals surface area contributed by atoms with Crippen molar-refractivity contribution in [3.8, 4) is 11.5 Å². The minimum atomic E-state index is -0.353. The maximum absolute atomic E-state index is 13.4. The Morgan fingerprint density at radius 3 is 2.68 bits per heavy atom. The van der Waals surface area contributed by atoms with E-state index in [1.165, 1.54) is 10.5 Å². The molecule has 1 unspecified atom stereocenters. The van der Waals surface area contributed by atoms with Crippen LogP contribution in [0.1, 0.15) is 35.6 Å². The topological polar surface area (TPSA) is 67.9 Å². The Labute approximate surface area is 198 Å². The van der Waals surface area contributed by atoms with Crippen LogP contribution in [0.4, 0.5) is 5.69 Å². The summed E-state index contributed by atoms with van der Waals surface area (Å²) in [6, 6.07) is 22.8. The summed E-state index contributed by atoms with van der Waals surface area (Å²) in [5.74, 6) is 0.882. The first-order valence-corrected chi connectivity index (χ1v) is 11.4. The summed E-state index contributed by atoms with van der Waals surface area (Å²) in [6.45, 7) is -0.0855. The number of anilines is 1. The summed E-state index contributed by atoms with van der Waals surface area (Å²) >= 11 is 0. The molecule has 0 saturated carbocycles. The van der Waals surface area contributed by atoms with Crippen LogP contribution in [-0.2, 0) is 16.0 Å². The first-order valence-electron chi connectivity index (χ1n) is 11.4. The van der Waals surface area contributed by atoms with Gasteiger partial charge in [0.05, 0.1) is 18.8 Å². The number of ether oxygens (including phenoxy) is 2. The van der Waals surface area contributed by atoms with Crippen molar-refractivity contribution in [1.29, 1.82) is 0 Å². The van der Waals surface area contributed by atoms with Gasteiger partial charge in [-0.25, -0.2) is 0 Å². The SMILES string of the molecule is COc1ccc(C=C2Oc3ccccc3N(CC(=O)NC3CCCc4ccccc43)C2=O)cc1. The fourth-order valence-corrected chi connectivity index (χ4v) is 4.56. The van der Waals surface area contributed by atoms with Crippen molar-refractivity contribution >= 4 is 23.6 Å². The molecule has 1 N–H and O–H groups in total. The number of fused-ring (bicyclic) bond motifs is 2. The van der Waals surface area contributed by atoms with Gasteiger partial charge in [0.15, 0.2) is 11.5 Å². The Balaban J connectivity index is 1.38. The highest BCUT2D eigenvalue weighted by Crippen LogP contribution is 2.36. The summed E-state index contributed by atoms with van der Waals surface area (Å²) in [5.41, 5.74) is 3.82. The number of nitrogens with zero attached hydrogens (tertiary/aromatic N) is 1. The van der Waals surface area contributed by atoms with E-state index < -0.39 is 0 Å². The van der Waals surface area contributed by atoms with Crippen LogP contribution in [-0.4, -0.2) is 25.5 Å². The first-order chi connectivity index (χ1) is 16.6. The van der Waals surface area contributed by atoms with Gasteiger partial charge in [-0.15, -0.1) is 0 Å². The first kappa shape index (κ1) is 21.8. The number of amides is 2. The maximum atomic E-state index is 13.4. The molecule has 1 aliphatic carbocycles. The predicted molar refractivity (Wildman–Crippen MR) is 131 cm³/mol. The molecule has 6 heteroatoms. The molecular weight excluding hydrogens is 428 g/mol. The zero-order chi connectivity index (χ0) is 23.5. The van der Waals surface area contributed by atoms with Gasteiger partial charge in [-0.05, 0) is 66.3 Å². The lowest BCUT2D eigenvalue weighted by atomic mass is 9.88. The number of hydrogen-bond donors (Lipinski definition) is 1. The quantitative estimate of drug-likeness (QED) is 0.570. The van der Waals surface area contributed by atoms with Crippen LogP contribution in [0.2, 0.25) is 0 Å². The summed E-state index contributed by atoms with van der Waals surface area (Å²) < 4.78 is 11.1. The number of aryl methyl sites for hydroxylation is 1. The lowest BCUT2D eigenvalue weighted by Gasteiger charge is -2.31. The van der Waals surface area contributed by atoms with E-state index in [1.54, 1.807) is 25.3 Å². The van der Waals surface area contributed by atoms with Crippen LogP contribution in [0.25, 0.3) is 6.08 Å². The van der Waals surface area contributed by atoms with Crippen LogP contribution in [0, 0.1) is 0 Å². The molecule has 2 amide bonds. The standard InChI is InChI=1S/C28H26N2O4/c1-33-21-15-13-19(14-16-21)17-26-28(32)30(24-11-4-5-12-25(24)34-26)18-27(31)29-23-10-6-8-20-7-2-3-9-22(20)23/h2-5,7,9,11-17,23H,6,8,10,18H2,1H3,(H,29,31). The van der Waals surface area contributed by atoms with E-state index >= 15 is 0 Å². The molecule has 0 saturated heterocycles. The van der Waals surface area contributed by atoms with E-state index in [9.17, 15) is 9.59 Å². The number of hydrogen-bond acceptors (Lipinski definition) is 4. The average molecular weight is 455 g/mol. The molecule has 5 rings (SSSR count). The fourth-order valence-electron chi connectivity index (χ4n) is 4.56. The zero-order valence-electron chi connectivity index (χ0n) is 19.0. The van der Waals surface area contributed by atoms with Gasteiger partial charge in [-0.3, -0.25) is 14.5 Å². The summed E-state index contributed by atoms with van der Waals surface area (Å²) in [7, 11) is 1.60. The van der Waals surface area contributed by atoms with E-state index in [0.29, 0.717) is 11.4 Å². The molecule has 1 aliphatic heterocycles. The smallest absolute Gasteiger partial charge is 0.294 e. The van der Waals surface area contributed by atoms with Crippen molar-refractivity contribution in [3.05, 3.63) is 95.2 Å². The molecule has 6 nitrogen and oxygen atoms in total. The Kier molecular flexibility index (Phi) is 6.04. The lowest BCUT2D eigenvalue weighted by molar-refractivity contribution is -0.124. The van der Waals surface area contributed by atoms with E-state index in [-0.39, 0.29) is 30.2 Å². The molecule has 1 atom stereocenters. The summed E-state index contributed by atoms with van der Waals surface area (Å²) in [6.07, 6.45) is 4.62. The molecule has 0 bridgehead atoms. The Hall–Kier alpha value is -4.06. The van der Waals surface area contributed by atoms with Crippen molar-refractivity contribution in [2.75, 3.05) is 18.6 Å². The van der Waals surface area contributed by atoms with Crippen molar-refractivity contribution < 1.29 is 19.1 Å². The van der Waals surface area contributed by atoms with E-state index in [4.69, 9.17) is 9.47 Å². The second-order valence-corrected chi connectivity index (χ2v) is 8.45. The van der Waals surface area contributed by atoms with E-state index in [0.717, 1.165) is 36.1 Å². The Morgan fingerprint density at radius 2 is 1.85 bits per heavy atom. The largest absolute Gasteiger partial charge is 0.497 e. The number of para-hydroxylation sites is 2. The minimum absolute atomic E-state index is 0.0434. The van der Waals surface area contributed by atoms with Crippen molar-refractivity contribution in [2.24, 2.45) is 0 Å². The number of methoxy groups -OCH3 is 1. The van der Waals surface area contributed by atoms with Crippen LogP contribution in [0.3, 0.4) is 0 Å². The van der Waals surface area contributed by atoms with Gasteiger partial charge in [0.1, 0.15) is 12.3 Å². The molecule has 0 radical (unpaired) electrons. The van der Waals surface area contributed by atoms with Crippen LogP contribution < -0.4 is 19.7 Å². The van der Waals surface area contributed by atoms with E-state index in [2.05, 4.69) is 17.4 Å². The third-order valence-corrected chi connectivity index (χ3v) is 6.25. The third kappa shape index (κ3) is 4.39. The molecule has 0 spiro atoms. The molecule has 2 aliphatic rings. The lowest BCUT2D eigenvalue weighted by Crippen LogP contribution is -2.45. The molecule has 1 heterocycles. The second-order valence-electron chi connectivity index (χ2n) is 8.45. The van der Waals surface area contributed by atoms with Crippen LogP contribution >= 0.6 is 0 Å². The average Bonchev–Trinajstić information content (AvgIpc) is 2.87. The number of carbonyl (C=O) groups excluding carboxylic acids is 2. The normalized spacial score (nSPS) is 18.0. The van der Waals surface area contributed by atoms with Gasteiger partial charge in [0, 0.05) is 0 Å². The third-order valence-electron chi connectivity index (χ3n) is 6.25. The molecule has 0 fully saturated rings. The van der Waals surface area contributed by atoms with Gasteiger partial charge in [-0.1, -0.05) is 48.5 Å². The van der Waals surface area contributed by atoms with E-state index in [1.807, 2.05) is 48.5 Å². The Morgan fingerprint density at radius 1 is 1.09 bits per heavy atom. The molecule has 0 aromatic heterocycles. The Bertz CT molecular complexity index is 1250. The maximum Gasteiger partial charge on any atom is 0.294 e. The van der Waals surface area contributed by atoms with Crippen molar-refractivity contribution in [2.45, 2.75) is 25.3 Å². The highest BCUT2D eigenvalue weighted by atomic mass is 16.5.